The van der Waals surface area contributed by atoms with Gasteiger partial charge in [0.05, 0.1) is 33.8 Å². The molecule has 0 saturated carbocycles. The van der Waals surface area contributed by atoms with Gasteiger partial charge in [-0.15, -0.1) is 0 Å². The van der Waals surface area contributed by atoms with Gasteiger partial charge in [0.25, 0.3) is 5.91 Å². The third kappa shape index (κ3) is 6.00. The fourth-order valence-electron chi connectivity index (χ4n) is 4.51. The number of hydrogen-bond donors (Lipinski definition) is 4. The molecule has 0 saturated heterocycles. The van der Waals surface area contributed by atoms with Gasteiger partial charge in [-0.25, -0.2) is 33.0 Å². The molecular weight excluding hydrogens is 582 g/mol. The second kappa shape index (κ2) is 11.8. The van der Waals surface area contributed by atoms with Crippen LogP contribution in [0.1, 0.15) is 51.4 Å². The molecule has 2 aromatic carbocycles. The summed E-state index contributed by atoms with van der Waals surface area (Å²) in [6.07, 6.45) is 3.02. The van der Waals surface area contributed by atoms with Crippen molar-refractivity contribution >= 4 is 33.1 Å². The van der Waals surface area contributed by atoms with Gasteiger partial charge in [-0.3, -0.25) is 4.79 Å². The van der Waals surface area contributed by atoms with Crippen LogP contribution in [0.15, 0.2) is 66.0 Å². The fourth-order valence-corrected chi connectivity index (χ4v) is 5.03. The monoisotopic (exact) mass is 607 g/mol. The topological polar surface area (TPSA) is 231 Å². The van der Waals surface area contributed by atoms with E-state index in [0.29, 0.717) is 28.2 Å². The number of carbonyl (C=O) groups excluding carboxylic acids is 1. The number of nitrogens with two attached hydrogens (primary N) is 2. The number of nitrogen functional groups attached to an aromatic ring is 1. The van der Waals surface area contributed by atoms with Gasteiger partial charge in [-0.1, -0.05) is 12.1 Å². The number of primary sulfonamides is 1. The number of nitrogens with one attached hydrogen (secondary N) is 2. The molecule has 3 heterocycles. The lowest BCUT2D eigenvalue weighted by atomic mass is 10.0. The van der Waals surface area contributed by atoms with Crippen LogP contribution in [0.5, 0.6) is 0 Å². The van der Waals surface area contributed by atoms with Crippen LogP contribution in [0.4, 0.5) is 11.6 Å². The largest absolute Gasteiger partial charge is 0.382 e. The van der Waals surface area contributed by atoms with Crippen LogP contribution in [0.25, 0.3) is 16.8 Å². The molecule has 44 heavy (non-hydrogen) atoms. The highest BCUT2D eigenvalue weighted by Gasteiger charge is 2.20. The summed E-state index contributed by atoms with van der Waals surface area (Å²) in [5.74, 6) is 0.165. The lowest BCUT2D eigenvalue weighted by Crippen LogP contribution is -2.23. The molecule has 3 aromatic heterocycles. The summed E-state index contributed by atoms with van der Waals surface area (Å²) in [5, 5.41) is 35.0. The molecule has 15 heteroatoms. The Labute approximate surface area is 252 Å². The summed E-state index contributed by atoms with van der Waals surface area (Å²) in [6, 6.07) is 16.0. The molecule has 6 N–H and O–H groups in total. The Morgan fingerprint density at radius 3 is 2.52 bits per heavy atom. The number of aromatic nitrogens is 5. The van der Waals surface area contributed by atoms with E-state index in [9.17, 15) is 23.7 Å². The van der Waals surface area contributed by atoms with E-state index in [1.807, 2.05) is 19.1 Å². The van der Waals surface area contributed by atoms with Crippen LogP contribution in [0.3, 0.4) is 0 Å². The normalized spacial score (nSPS) is 11.8. The standard InChI is InChI=1S/C29H25N11O3S/c1-16-7-8-40-25(16)24(38-27(39-40)17(2)37-28-23(13-31)26(32)35-15-36-28)20-9-19(12-30)10-21(11-20)29(41)34-14-18-3-5-22(6-4-18)44(33,42)43/h3-11,15,17H,14H2,1-2H3,(H,34,41)(H2,33,42,43)(H3,32,35,36,37). The molecule has 220 valence electrons. The number of nitriles is 2. The number of nitrogens with zero attached hydrogens (tertiary/aromatic N) is 7. The highest BCUT2D eigenvalue weighted by molar-refractivity contribution is 7.89. The van der Waals surface area contributed by atoms with Crippen molar-refractivity contribution < 1.29 is 13.2 Å². The maximum absolute atomic E-state index is 13.2. The minimum atomic E-state index is -3.83. The summed E-state index contributed by atoms with van der Waals surface area (Å²) >= 11 is 0. The summed E-state index contributed by atoms with van der Waals surface area (Å²) in [6.45, 7) is 3.80. The Balaban J connectivity index is 1.49. The number of hydrogen-bond acceptors (Lipinski definition) is 11. The predicted molar refractivity (Wildman–Crippen MR) is 160 cm³/mol. The fraction of sp³-hybridized carbons (Fsp3) is 0.138. The first-order valence-electron chi connectivity index (χ1n) is 13.1. The van der Waals surface area contributed by atoms with Gasteiger partial charge >= 0.3 is 0 Å². The van der Waals surface area contributed by atoms with E-state index in [4.69, 9.17) is 15.9 Å². The average molecular weight is 608 g/mol. The maximum atomic E-state index is 13.2. The molecule has 1 amide bonds. The maximum Gasteiger partial charge on any atom is 0.251 e. The smallest absolute Gasteiger partial charge is 0.251 e. The minimum Gasteiger partial charge on any atom is -0.382 e. The number of fused-ring (bicyclic) bond motifs is 1. The SMILES string of the molecule is Cc1ccn2nc(C(C)Nc3ncnc(N)c3C#N)nc(-c3cc(C#N)cc(C(=O)NCc4ccc(S(N)(=O)=O)cc4)c3)c12. The molecule has 0 spiro atoms. The first kappa shape index (κ1) is 29.6. The first-order chi connectivity index (χ1) is 21.0. The van der Waals surface area contributed by atoms with Crippen molar-refractivity contribution in [3.63, 3.8) is 0 Å². The van der Waals surface area contributed by atoms with Crippen molar-refractivity contribution in [2.75, 3.05) is 11.1 Å². The molecule has 1 unspecified atom stereocenters. The molecule has 0 radical (unpaired) electrons. The Morgan fingerprint density at radius 1 is 1.09 bits per heavy atom. The highest BCUT2D eigenvalue weighted by atomic mass is 32.2. The van der Waals surface area contributed by atoms with E-state index < -0.39 is 22.0 Å². The number of anilines is 2. The number of benzene rings is 2. The van der Waals surface area contributed by atoms with Gasteiger partial charge < -0.3 is 16.4 Å². The molecule has 0 bridgehead atoms. The van der Waals surface area contributed by atoms with Crippen molar-refractivity contribution in [3.8, 4) is 23.4 Å². The molecule has 5 rings (SSSR count). The van der Waals surface area contributed by atoms with Crippen LogP contribution < -0.4 is 21.5 Å². The van der Waals surface area contributed by atoms with Gasteiger partial charge in [0.1, 0.15) is 29.6 Å². The van der Waals surface area contributed by atoms with E-state index in [1.54, 1.807) is 41.9 Å². The lowest BCUT2D eigenvalue weighted by Gasteiger charge is -2.17. The summed E-state index contributed by atoms with van der Waals surface area (Å²) < 4.78 is 24.7. The Kier molecular flexibility index (Phi) is 7.91. The lowest BCUT2D eigenvalue weighted by molar-refractivity contribution is 0.0951. The molecule has 0 fully saturated rings. The zero-order valence-corrected chi connectivity index (χ0v) is 24.3. The molecule has 5 aromatic rings. The molecule has 14 nitrogen and oxygen atoms in total. The molecular formula is C29H25N11O3S. The molecule has 1 atom stereocenters. The Bertz CT molecular complexity index is 2110. The first-order valence-corrected chi connectivity index (χ1v) is 14.6. The summed E-state index contributed by atoms with van der Waals surface area (Å²) in [5.41, 5.74) is 9.60. The van der Waals surface area contributed by atoms with E-state index in [2.05, 4.69) is 31.8 Å². The Morgan fingerprint density at radius 2 is 1.84 bits per heavy atom. The third-order valence-electron chi connectivity index (χ3n) is 6.76. The summed E-state index contributed by atoms with van der Waals surface area (Å²) in [7, 11) is -3.83. The van der Waals surface area contributed by atoms with E-state index >= 15 is 0 Å². The molecule has 0 aliphatic rings. The van der Waals surface area contributed by atoms with Crippen LogP contribution in [0, 0.1) is 29.6 Å². The zero-order chi connectivity index (χ0) is 31.6. The zero-order valence-electron chi connectivity index (χ0n) is 23.5. The van der Waals surface area contributed by atoms with Crippen molar-refractivity contribution in [1.29, 1.82) is 10.5 Å². The number of aryl methyl sites for hydroxylation is 1. The van der Waals surface area contributed by atoms with Crippen LogP contribution >= 0.6 is 0 Å². The number of rotatable bonds is 8. The predicted octanol–water partition coefficient (Wildman–Crippen LogP) is 2.57. The van der Waals surface area contributed by atoms with Crippen LogP contribution in [0.2, 0.25) is 0 Å². The third-order valence-corrected chi connectivity index (χ3v) is 7.69. The van der Waals surface area contributed by atoms with E-state index in [1.165, 1.54) is 24.5 Å². The second-order valence-corrected chi connectivity index (χ2v) is 11.4. The van der Waals surface area contributed by atoms with Gasteiger partial charge in [0.2, 0.25) is 10.0 Å². The van der Waals surface area contributed by atoms with Crippen molar-refractivity contribution in [2.45, 2.75) is 31.3 Å². The Hall–Kier alpha value is -5.90. The van der Waals surface area contributed by atoms with Crippen LogP contribution in [-0.4, -0.2) is 38.9 Å². The van der Waals surface area contributed by atoms with Gasteiger partial charge in [0, 0.05) is 23.9 Å². The highest BCUT2D eigenvalue weighted by Crippen LogP contribution is 2.29. The second-order valence-electron chi connectivity index (χ2n) is 9.85. The van der Waals surface area contributed by atoms with Gasteiger partial charge in [-0.05, 0) is 61.4 Å². The molecule has 0 aliphatic heterocycles. The van der Waals surface area contributed by atoms with Crippen molar-refractivity contribution in [2.24, 2.45) is 5.14 Å². The van der Waals surface area contributed by atoms with Gasteiger partial charge in [-0.2, -0.15) is 15.6 Å². The number of carbonyl (C=O) groups is 1. The van der Waals surface area contributed by atoms with Crippen molar-refractivity contribution in [3.05, 3.63) is 94.7 Å². The quantitative estimate of drug-likeness (QED) is 0.200. The average Bonchev–Trinajstić information content (AvgIpc) is 3.39. The van der Waals surface area contributed by atoms with E-state index in [-0.39, 0.29) is 39.8 Å². The van der Waals surface area contributed by atoms with Gasteiger partial charge in [0.15, 0.2) is 5.82 Å². The minimum absolute atomic E-state index is 0.0358. The summed E-state index contributed by atoms with van der Waals surface area (Å²) in [4.78, 5) is 26.0. The molecule has 0 aliphatic carbocycles. The van der Waals surface area contributed by atoms with Crippen molar-refractivity contribution in [1.82, 2.24) is 29.9 Å². The van der Waals surface area contributed by atoms with Crippen LogP contribution in [-0.2, 0) is 16.6 Å². The number of amides is 1. The number of sulfonamides is 1. The van der Waals surface area contributed by atoms with E-state index in [0.717, 1.165) is 5.56 Å².